The lowest BCUT2D eigenvalue weighted by molar-refractivity contribution is 0.439. The number of rotatable bonds is 2. The summed E-state index contributed by atoms with van der Waals surface area (Å²) in [4.78, 5) is 0. The van der Waals surface area contributed by atoms with E-state index in [-0.39, 0.29) is 0 Å². The Hall–Kier alpha value is -2.55. The Kier molecular flexibility index (Phi) is 3.26. The zero-order valence-corrected chi connectivity index (χ0v) is 12.5. The molecule has 0 radical (unpaired) electrons. The quantitative estimate of drug-likeness (QED) is 0.750. The molecule has 2 N–H and O–H groups in total. The molecule has 0 unspecified atom stereocenters. The van der Waals surface area contributed by atoms with Crippen LogP contribution in [0.15, 0.2) is 47.0 Å². The van der Waals surface area contributed by atoms with E-state index in [1.54, 1.807) is 0 Å². The van der Waals surface area contributed by atoms with Gasteiger partial charge in [0.1, 0.15) is 5.69 Å². The lowest BCUT2D eigenvalue weighted by Gasteiger charge is -2.06. The fraction of sp³-hybridized carbons (Fsp3) is 0.167. The highest BCUT2D eigenvalue weighted by Crippen LogP contribution is 2.36. The molecular weight excluding hydrogens is 260 g/mol. The van der Waals surface area contributed by atoms with Crippen molar-refractivity contribution in [2.24, 2.45) is 0 Å². The predicted octanol–water partition coefficient (Wildman–Crippen LogP) is 4.52. The van der Waals surface area contributed by atoms with Crippen LogP contribution in [0.2, 0.25) is 0 Å². The average molecular weight is 278 g/mol. The van der Waals surface area contributed by atoms with Crippen LogP contribution in [-0.4, -0.2) is 5.16 Å². The van der Waals surface area contributed by atoms with E-state index < -0.39 is 0 Å². The normalized spacial score (nSPS) is 10.8. The summed E-state index contributed by atoms with van der Waals surface area (Å²) in [5, 5.41) is 4.16. The molecular formula is C18H18N2O. The molecule has 0 saturated heterocycles. The molecule has 0 bridgehead atoms. The van der Waals surface area contributed by atoms with Crippen molar-refractivity contribution < 1.29 is 4.52 Å². The highest BCUT2D eigenvalue weighted by molar-refractivity contribution is 5.87. The summed E-state index contributed by atoms with van der Waals surface area (Å²) in [6.07, 6.45) is 0. The zero-order chi connectivity index (χ0) is 15.0. The summed E-state index contributed by atoms with van der Waals surface area (Å²) in [5.74, 6) is 0.356. The molecule has 3 aromatic rings. The van der Waals surface area contributed by atoms with Gasteiger partial charge in [-0.1, -0.05) is 47.1 Å². The Morgan fingerprint density at radius 1 is 0.905 bits per heavy atom. The molecule has 0 amide bonds. The number of aromatic nitrogens is 1. The first-order valence-corrected chi connectivity index (χ1v) is 6.96. The fourth-order valence-electron chi connectivity index (χ4n) is 2.47. The van der Waals surface area contributed by atoms with Crippen LogP contribution in [0.5, 0.6) is 0 Å². The van der Waals surface area contributed by atoms with Gasteiger partial charge in [-0.05, 0) is 43.5 Å². The Bertz CT molecular complexity index is 803. The Labute approximate surface area is 124 Å². The van der Waals surface area contributed by atoms with Gasteiger partial charge in [-0.3, -0.25) is 0 Å². The highest BCUT2D eigenvalue weighted by Gasteiger charge is 2.17. The highest BCUT2D eigenvalue weighted by atomic mass is 16.5. The van der Waals surface area contributed by atoms with Crippen molar-refractivity contribution in [1.82, 2.24) is 5.16 Å². The minimum absolute atomic E-state index is 0.356. The molecule has 0 aliphatic rings. The Morgan fingerprint density at radius 3 is 2.43 bits per heavy atom. The molecule has 1 aromatic heterocycles. The second-order valence-corrected chi connectivity index (χ2v) is 5.44. The first-order chi connectivity index (χ1) is 10.1. The van der Waals surface area contributed by atoms with Crippen LogP contribution in [-0.2, 0) is 0 Å². The molecule has 0 fully saturated rings. The van der Waals surface area contributed by atoms with Gasteiger partial charge in [0.2, 0.25) is 5.88 Å². The summed E-state index contributed by atoms with van der Waals surface area (Å²) in [7, 11) is 0. The maximum Gasteiger partial charge on any atom is 0.230 e. The molecule has 2 aromatic carbocycles. The summed E-state index contributed by atoms with van der Waals surface area (Å²) in [5.41, 5.74) is 13.4. The second-order valence-electron chi connectivity index (χ2n) is 5.44. The fourth-order valence-corrected chi connectivity index (χ4v) is 2.47. The molecule has 0 saturated carbocycles. The molecule has 0 atom stereocenters. The first-order valence-electron chi connectivity index (χ1n) is 6.96. The lowest BCUT2D eigenvalue weighted by Crippen LogP contribution is -1.90. The number of nitrogen functional groups attached to an aromatic ring is 1. The third kappa shape index (κ3) is 2.42. The number of nitrogens with zero attached hydrogens (tertiary/aromatic N) is 1. The number of hydrogen-bond donors (Lipinski definition) is 1. The third-order valence-electron chi connectivity index (χ3n) is 3.81. The van der Waals surface area contributed by atoms with Crippen LogP contribution in [0, 0.1) is 20.8 Å². The summed E-state index contributed by atoms with van der Waals surface area (Å²) < 4.78 is 5.24. The van der Waals surface area contributed by atoms with Crippen molar-refractivity contribution in [3.63, 3.8) is 0 Å². The predicted molar refractivity (Wildman–Crippen MR) is 86.0 cm³/mol. The maximum absolute atomic E-state index is 6.01. The lowest BCUT2D eigenvalue weighted by atomic mass is 9.97. The summed E-state index contributed by atoms with van der Waals surface area (Å²) in [6.45, 7) is 6.25. The Balaban J connectivity index is 2.19. The third-order valence-corrected chi connectivity index (χ3v) is 3.81. The van der Waals surface area contributed by atoms with E-state index in [1.807, 2.05) is 12.1 Å². The van der Waals surface area contributed by atoms with Crippen molar-refractivity contribution in [2.45, 2.75) is 20.8 Å². The molecule has 3 rings (SSSR count). The van der Waals surface area contributed by atoms with Crippen LogP contribution >= 0.6 is 0 Å². The maximum atomic E-state index is 6.01. The van der Waals surface area contributed by atoms with Gasteiger partial charge in [-0.25, -0.2) is 0 Å². The van der Waals surface area contributed by atoms with Crippen LogP contribution in [0.1, 0.15) is 16.7 Å². The van der Waals surface area contributed by atoms with E-state index in [0.29, 0.717) is 5.88 Å². The van der Waals surface area contributed by atoms with Crippen LogP contribution < -0.4 is 5.73 Å². The van der Waals surface area contributed by atoms with E-state index >= 15 is 0 Å². The van der Waals surface area contributed by atoms with Crippen molar-refractivity contribution in [1.29, 1.82) is 0 Å². The minimum Gasteiger partial charge on any atom is -0.367 e. The van der Waals surface area contributed by atoms with Crippen molar-refractivity contribution in [2.75, 3.05) is 5.73 Å². The summed E-state index contributed by atoms with van der Waals surface area (Å²) in [6, 6.07) is 14.5. The van der Waals surface area contributed by atoms with Gasteiger partial charge in [0.15, 0.2) is 0 Å². The zero-order valence-electron chi connectivity index (χ0n) is 12.5. The standard InChI is InChI=1S/C18H18N2O/c1-11-5-4-6-15(9-11)17-16(18(19)21-20-17)14-8-7-12(2)13(3)10-14/h4-10H,19H2,1-3H3. The number of hydrogen-bond acceptors (Lipinski definition) is 3. The topological polar surface area (TPSA) is 52.0 Å². The van der Waals surface area contributed by atoms with E-state index in [2.05, 4.69) is 56.3 Å². The SMILES string of the molecule is Cc1cccc(-c2noc(N)c2-c2ccc(C)c(C)c2)c1. The molecule has 3 nitrogen and oxygen atoms in total. The van der Waals surface area contributed by atoms with Gasteiger partial charge in [-0.15, -0.1) is 0 Å². The van der Waals surface area contributed by atoms with E-state index in [4.69, 9.17) is 10.3 Å². The van der Waals surface area contributed by atoms with Crippen LogP contribution in [0.25, 0.3) is 22.4 Å². The first kappa shape index (κ1) is 13.4. The van der Waals surface area contributed by atoms with Gasteiger partial charge < -0.3 is 10.3 Å². The van der Waals surface area contributed by atoms with Crippen LogP contribution in [0.4, 0.5) is 5.88 Å². The van der Waals surface area contributed by atoms with Crippen molar-refractivity contribution in [3.8, 4) is 22.4 Å². The second kappa shape index (κ2) is 5.09. The van der Waals surface area contributed by atoms with Gasteiger partial charge in [-0.2, -0.15) is 0 Å². The smallest absolute Gasteiger partial charge is 0.230 e. The Morgan fingerprint density at radius 2 is 1.71 bits per heavy atom. The molecule has 21 heavy (non-hydrogen) atoms. The van der Waals surface area contributed by atoms with Crippen LogP contribution in [0.3, 0.4) is 0 Å². The van der Waals surface area contributed by atoms with Gasteiger partial charge >= 0.3 is 0 Å². The van der Waals surface area contributed by atoms with Gasteiger partial charge in [0.25, 0.3) is 0 Å². The average Bonchev–Trinajstić information content (AvgIpc) is 2.84. The molecule has 0 aliphatic carbocycles. The molecule has 106 valence electrons. The number of aryl methyl sites for hydroxylation is 3. The molecule has 0 aliphatic heterocycles. The monoisotopic (exact) mass is 278 g/mol. The van der Waals surface area contributed by atoms with Gasteiger partial charge in [0.05, 0.1) is 5.56 Å². The molecule has 3 heteroatoms. The largest absolute Gasteiger partial charge is 0.367 e. The van der Waals surface area contributed by atoms with E-state index in [9.17, 15) is 0 Å². The molecule has 0 spiro atoms. The van der Waals surface area contributed by atoms with E-state index in [1.165, 1.54) is 16.7 Å². The number of anilines is 1. The number of nitrogens with two attached hydrogens (primary N) is 1. The number of benzene rings is 2. The van der Waals surface area contributed by atoms with Crippen molar-refractivity contribution in [3.05, 3.63) is 59.2 Å². The van der Waals surface area contributed by atoms with E-state index in [0.717, 1.165) is 22.4 Å². The molecule has 1 heterocycles. The minimum atomic E-state index is 0.356. The van der Waals surface area contributed by atoms with Gasteiger partial charge in [0, 0.05) is 5.56 Å². The summed E-state index contributed by atoms with van der Waals surface area (Å²) >= 11 is 0. The van der Waals surface area contributed by atoms with Crippen molar-refractivity contribution >= 4 is 5.88 Å².